The normalized spacial score (nSPS) is 9.53. The number of rotatable bonds is 3. The van der Waals surface area contributed by atoms with Gasteiger partial charge in [-0.3, -0.25) is 4.79 Å². The number of hydrogen-bond donors (Lipinski definition) is 1. The predicted octanol–water partition coefficient (Wildman–Crippen LogP) is 3.12. The van der Waals surface area contributed by atoms with Crippen molar-refractivity contribution in [2.24, 2.45) is 0 Å². The zero-order valence-electron chi connectivity index (χ0n) is 8.88. The summed E-state index contributed by atoms with van der Waals surface area (Å²) in [6.45, 7) is 3.87. The lowest BCUT2D eigenvalue weighted by molar-refractivity contribution is -0.115. The van der Waals surface area contributed by atoms with Crippen LogP contribution in [-0.4, -0.2) is 5.91 Å². The minimum atomic E-state index is -0.308. The second kappa shape index (κ2) is 5.29. The van der Waals surface area contributed by atoms with Crippen LogP contribution >= 0.6 is 0 Å². The number of nitrogens with one attached hydrogen (secondary N) is 1. The van der Waals surface area contributed by atoms with Gasteiger partial charge in [-0.05, 0) is 38.1 Å². The van der Waals surface area contributed by atoms with E-state index in [0.29, 0.717) is 12.1 Å². The molecule has 2 nitrogen and oxygen atoms in total. The van der Waals surface area contributed by atoms with Crippen LogP contribution in [0.1, 0.15) is 20.3 Å². The van der Waals surface area contributed by atoms with Crippen molar-refractivity contribution >= 4 is 11.6 Å². The van der Waals surface area contributed by atoms with Gasteiger partial charge < -0.3 is 5.32 Å². The fourth-order valence-corrected chi connectivity index (χ4v) is 1.04. The molecule has 1 amide bonds. The van der Waals surface area contributed by atoms with Gasteiger partial charge in [-0.2, -0.15) is 0 Å². The van der Waals surface area contributed by atoms with E-state index in [2.05, 4.69) is 5.32 Å². The Hall–Kier alpha value is -1.64. The van der Waals surface area contributed by atoms with Gasteiger partial charge in [0.05, 0.1) is 0 Å². The molecule has 0 fully saturated rings. The van der Waals surface area contributed by atoms with Gasteiger partial charge in [0.2, 0.25) is 5.91 Å². The van der Waals surface area contributed by atoms with E-state index in [9.17, 15) is 9.18 Å². The summed E-state index contributed by atoms with van der Waals surface area (Å²) in [6, 6.07) is 5.71. The van der Waals surface area contributed by atoms with Crippen LogP contribution in [-0.2, 0) is 4.79 Å². The van der Waals surface area contributed by atoms with E-state index in [4.69, 9.17) is 0 Å². The topological polar surface area (TPSA) is 29.1 Å². The number of carbonyl (C=O) groups excluding carboxylic acids is 1. The van der Waals surface area contributed by atoms with Crippen molar-refractivity contribution < 1.29 is 9.18 Å². The molecule has 0 aliphatic carbocycles. The summed E-state index contributed by atoms with van der Waals surface area (Å²) in [5.74, 6) is -0.403. The van der Waals surface area contributed by atoms with Crippen LogP contribution in [0.25, 0.3) is 0 Å². The van der Waals surface area contributed by atoms with Gasteiger partial charge in [0, 0.05) is 12.1 Å². The number of benzene rings is 1. The average Bonchev–Trinajstić information content (AvgIpc) is 2.19. The van der Waals surface area contributed by atoms with Gasteiger partial charge in [-0.1, -0.05) is 11.6 Å². The molecule has 15 heavy (non-hydrogen) atoms. The fraction of sp³-hybridized carbons (Fsp3) is 0.250. The third-order valence-electron chi connectivity index (χ3n) is 1.82. The summed E-state index contributed by atoms with van der Waals surface area (Å²) >= 11 is 0. The molecule has 0 aromatic heterocycles. The maximum atomic E-state index is 12.6. The van der Waals surface area contributed by atoms with Crippen molar-refractivity contribution in [2.75, 3.05) is 5.32 Å². The van der Waals surface area contributed by atoms with Crippen molar-refractivity contribution in [1.82, 2.24) is 0 Å². The van der Waals surface area contributed by atoms with E-state index in [0.717, 1.165) is 5.57 Å². The van der Waals surface area contributed by atoms with Crippen LogP contribution in [0.5, 0.6) is 0 Å². The molecule has 1 aromatic carbocycles. The summed E-state index contributed by atoms with van der Waals surface area (Å²) in [5, 5.41) is 2.67. The number of amides is 1. The molecule has 3 heteroatoms. The quantitative estimate of drug-likeness (QED) is 0.758. The van der Waals surface area contributed by atoms with Crippen molar-refractivity contribution in [3.63, 3.8) is 0 Å². The van der Waals surface area contributed by atoms with E-state index in [-0.39, 0.29) is 11.7 Å². The minimum absolute atomic E-state index is 0.0946. The van der Waals surface area contributed by atoms with Gasteiger partial charge >= 0.3 is 0 Å². The standard InChI is InChI=1S/C12H14FNO/c1-9(2)3-8-12(15)14-11-6-4-10(13)5-7-11/h3-7H,8H2,1-2H3,(H,14,15). The molecule has 0 aliphatic rings. The second-order valence-electron chi connectivity index (χ2n) is 3.54. The molecule has 0 aliphatic heterocycles. The molecule has 0 atom stereocenters. The average molecular weight is 207 g/mol. The Labute approximate surface area is 88.8 Å². The summed E-state index contributed by atoms with van der Waals surface area (Å²) in [5.41, 5.74) is 1.72. The van der Waals surface area contributed by atoms with Crippen LogP contribution in [0, 0.1) is 5.82 Å². The summed E-state index contributed by atoms with van der Waals surface area (Å²) < 4.78 is 12.6. The lowest BCUT2D eigenvalue weighted by Crippen LogP contribution is -2.09. The molecule has 0 unspecified atom stereocenters. The maximum absolute atomic E-state index is 12.6. The van der Waals surface area contributed by atoms with Crippen LogP contribution in [0.2, 0.25) is 0 Å². The molecule has 1 N–H and O–H groups in total. The predicted molar refractivity (Wildman–Crippen MR) is 59.1 cm³/mol. The zero-order chi connectivity index (χ0) is 11.3. The third kappa shape index (κ3) is 4.40. The molecule has 0 saturated carbocycles. The van der Waals surface area contributed by atoms with Gasteiger partial charge in [-0.25, -0.2) is 4.39 Å². The highest BCUT2D eigenvalue weighted by atomic mass is 19.1. The number of hydrogen-bond acceptors (Lipinski definition) is 1. The Kier molecular flexibility index (Phi) is 4.03. The lowest BCUT2D eigenvalue weighted by Gasteiger charge is -2.02. The van der Waals surface area contributed by atoms with E-state index < -0.39 is 0 Å². The molecule has 0 radical (unpaired) electrons. The Balaban J connectivity index is 2.51. The first-order valence-electron chi connectivity index (χ1n) is 4.76. The monoisotopic (exact) mass is 207 g/mol. The van der Waals surface area contributed by atoms with Crippen molar-refractivity contribution in [1.29, 1.82) is 0 Å². The molecule has 1 rings (SSSR count). The van der Waals surface area contributed by atoms with Crippen LogP contribution in [0.4, 0.5) is 10.1 Å². The Morgan fingerprint density at radius 1 is 1.33 bits per heavy atom. The first-order valence-corrected chi connectivity index (χ1v) is 4.76. The van der Waals surface area contributed by atoms with Crippen molar-refractivity contribution in [3.05, 3.63) is 41.7 Å². The maximum Gasteiger partial charge on any atom is 0.228 e. The fourth-order valence-electron chi connectivity index (χ4n) is 1.04. The highest BCUT2D eigenvalue weighted by molar-refractivity contribution is 5.91. The Morgan fingerprint density at radius 2 is 1.93 bits per heavy atom. The highest BCUT2D eigenvalue weighted by Crippen LogP contribution is 2.08. The van der Waals surface area contributed by atoms with Gasteiger partial charge in [0.1, 0.15) is 5.82 Å². The van der Waals surface area contributed by atoms with Crippen LogP contribution in [0.3, 0.4) is 0 Å². The Bertz CT molecular complexity index is 364. The van der Waals surface area contributed by atoms with Gasteiger partial charge in [-0.15, -0.1) is 0 Å². The number of carbonyl (C=O) groups is 1. The first-order chi connectivity index (χ1) is 7.08. The zero-order valence-corrected chi connectivity index (χ0v) is 8.88. The molecular formula is C12H14FNO. The molecule has 1 aromatic rings. The minimum Gasteiger partial charge on any atom is -0.326 e. The van der Waals surface area contributed by atoms with E-state index in [1.165, 1.54) is 24.3 Å². The third-order valence-corrected chi connectivity index (χ3v) is 1.82. The largest absolute Gasteiger partial charge is 0.326 e. The van der Waals surface area contributed by atoms with E-state index >= 15 is 0 Å². The number of allylic oxidation sites excluding steroid dienone is 1. The number of halogens is 1. The first kappa shape index (κ1) is 11.4. The van der Waals surface area contributed by atoms with Gasteiger partial charge in [0.25, 0.3) is 0 Å². The molecule has 0 spiro atoms. The lowest BCUT2D eigenvalue weighted by atomic mass is 10.2. The SMILES string of the molecule is CC(C)=CCC(=O)Nc1ccc(F)cc1. The molecule has 0 bridgehead atoms. The highest BCUT2D eigenvalue weighted by Gasteiger charge is 1.99. The molecule has 0 saturated heterocycles. The van der Waals surface area contributed by atoms with E-state index in [1.54, 1.807) is 0 Å². The van der Waals surface area contributed by atoms with Crippen LogP contribution in [0.15, 0.2) is 35.9 Å². The molecular weight excluding hydrogens is 193 g/mol. The Morgan fingerprint density at radius 3 is 2.47 bits per heavy atom. The van der Waals surface area contributed by atoms with Crippen molar-refractivity contribution in [2.45, 2.75) is 20.3 Å². The second-order valence-corrected chi connectivity index (χ2v) is 3.54. The van der Waals surface area contributed by atoms with Crippen LogP contribution < -0.4 is 5.32 Å². The van der Waals surface area contributed by atoms with Gasteiger partial charge in [0.15, 0.2) is 0 Å². The summed E-state index contributed by atoms with van der Waals surface area (Å²) in [6.07, 6.45) is 2.19. The van der Waals surface area contributed by atoms with E-state index in [1.807, 2.05) is 19.9 Å². The summed E-state index contributed by atoms with van der Waals surface area (Å²) in [7, 11) is 0. The smallest absolute Gasteiger partial charge is 0.228 e. The molecule has 80 valence electrons. The number of anilines is 1. The van der Waals surface area contributed by atoms with Crippen molar-refractivity contribution in [3.8, 4) is 0 Å². The molecule has 0 heterocycles. The summed E-state index contributed by atoms with van der Waals surface area (Å²) in [4.78, 5) is 11.4.